The number of hydrogen-bond acceptors (Lipinski definition) is 3. The summed E-state index contributed by atoms with van der Waals surface area (Å²) in [7, 11) is 0. The topological polar surface area (TPSA) is 58.2 Å². The first-order chi connectivity index (χ1) is 11.7. The van der Waals surface area contributed by atoms with Gasteiger partial charge in [0.25, 0.3) is 5.91 Å². The molecule has 124 valence electrons. The van der Waals surface area contributed by atoms with E-state index in [1.165, 1.54) is 0 Å². The molecule has 0 aliphatic carbocycles. The van der Waals surface area contributed by atoms with E-state index in [0.29, 0.717) is 13.2 Å². The number of ether oxygens (including phenoxy) is 1. The zero-order chi connectivity index (χ0) is 16.5. The maximum Gasteiger partial charge on any atom is 0.253 e. The van der Waals surface area contributed by atoms with Crippen molar-refractivity contribution < 1.29 is 9.53 Å². The second-order valence-electron chi connectivity index (χ2n) is 6.54. The van der Waals surface area contributed by atoms with Gasteiger partial charge in [0.15, 0.2) is 0 Å². The highest BCUT2D eigenvalue weighted by Crippen LogP contribution is 2.29. The average Bonchev–Trinajstić information content (AvgIpc) is 3.07. The fourth-order valence-corrected chi connectivity index (χ4v) is 3.47. The van der Waals surface area contributed by atoms with Crippen LogP contribution in [0.5, 0.6) is 5.75 Å². The van der Waals surface area contributed by atoms with E-state index >= 15 is 0 Å². The van der Waals surface area contributed by atoms with Crippen LogP contribution in [0.3, 0.4) is 0 Å². The molecule has 4 rings (SSSR count). The number of H-pyrrole nitrogens is 1. The van der Waals surface area contributed by atoms with Crippen molar-refractivity contribution in [1.29, 1.82) is 0 Å². The van der Waals surface area contributed by atoms with Gasteiger partial charge in [-0.25, -0.2) is 4.98 Å². The van der Waals surface area contributed by atoms with Gasteiger partial charge in [-0.05, 0) is 31.9 Å². The van der Waals surface area contributed by atoms with Crippen molar-refractivity contribution in [1.82, 2.24) is 14.9 Å². The summed E-state index contributed by atoms with van der Waals surface area (Å²) < 4.78 is 5.73. The molecule has 2 aromatic rings. The Kier molecular flexibility index (Phi) is 3.84. The number of nitrogens with zero attached hydrogens (tertiary/aromatic N) is 2. The molecular formula is C19H21N3O2. The molecule has 1 N–H and O–H groups in total. The highest BCUT2D eigenvalue weighted by molar-refractivity contribution is 5.99. The Bertz CT molecular complexity index is 793. The number of imidazole rings is 1. The van der Waals surface area contributed by atoms with Gasteiger partial charge >= 0.3 is 0 Å². The second kappa shape index (κ2) is 6.15. The fourth-order valence-electron chi connectivity index (χ4n) is 3.47. The van der Waals surface area contributed by atoms with Crippen LogP contribution in [-0.4, -0.2) is 40.5 Å². The van der Waals surface area contributed by atoms with Gasteiger partial charge < -0.3 is 14.6 Å². The van der Waals surface area contributed by atoms with Crippen LogP contribution < -0.4 is 4.74 Å². The summed E-state index contributed by atoms with van der Waals surface area (Å²) in [6.07, 6.45) is 5.88. The van der Waals surface area contributed by atoms with E-state index in [-0.39, 0.29) is 11.8 Å². The Morgan fingerprint density at radius 3 is 3.08 bits per heavy atom. The molecule has 1 saturated heterocycles. The number of carbonyl (C=O) groups is 1. The Balaban J connectivity index is 1.51. The van der Waals surface area contributed by atoms with E-state index in [4.69, 9.17) is 4.74 Å². The van der Waals surface area contributed by atoms with Gasteiger partial charge in [-0.3, -0.25) is 4.79 Å². The van der Waals surface area contributed by atoms with Gasteiger partial charge in [0.05, 0.1) is 5.57 Å². The standard InChI is InChI=1S/C19H21N3O2/c1-13-10-20-18(21-13)15-6-4-8-22(11-15)19(23)16-9-14-5-2-3-7-17(14)24-12-16/h2-3,5,7,9-10,15H,4,6,8,11-12H2,1H3,(H,20,21). The third kappa shape index (κ3) is 2.82. The molecule has 5 nitrogen and oxygen atoms in total. The highest BCUT2D eigenvalue weighted by Gasteiger charge is 2.29. The van der Waals surface area contributed by atoms with Crippen molar-refractivity contribution >= 4 is 12.0 Å². The molecule has 0 bridgehead atoms. The summed E-state index contributed by atoms with van der Waals surface area (Å²) in [6, 6.07) is 7.82. The van der Waals surface area contributed by atoms with Crippen LogP contribution in [0.4, 0.5) is 0 Å². The van der Waals surface area contributed by atoms with Crippen molar-refractivity contribution in [3.63, 3.8) is 0 Å². The number of para-hydroxylation sites is 1. The number of aromatic amines is 1. The third-order valence-corrected chi connectivity index (χ3v) is 4.72. The van der Waals surface area contributed by atoms with Crippen molar-refractivity contribution in [2.45, 2.75) is 25.7 Å². The van der Waals surface area contributed by atoms with Crippen LogP contribution in [0.1, 0.15) is 35.8 Å². The zero-order valence-corrected chi connectivity index (χ0v) is 13.8. The van der Waals surface area contributed by atoms with Gasteiger partial charge in [0, 0.05) is 36.5 Å². The van der Waals surface area contributed by atoms with Crippen LogP contribution >= 0.6 is 0 Å². The van der Waals surface area contributed by atoms with E-state index in [2.05, 4.69) is 9.97 Å². The van der Waals surface area contributed by atoms with E-state index in [1.54, 1.807) is 0 Å². The minimum absolute atomic E-state index is 0.0810. The lowest BCUT2D eigenvalue weighted by atomic mass is 9.96. The molecule has 24 heavy (non-hydrogen) atoms. The normalized spacial score (nSPS) is 20.1. The molecule has 2 aliphatic heterocycles. The number of carbonyl (C=O) groups excluding carboxylic acids is 1. The summed E-state index contributed by atoms with van der Waals surface area (Å²) in [5.41, 5.74) is 2.76. The van der Waals surface area contributed by atoms with Crippen LogP contribution in [0.15, 0.2) is 36.0 Å². The summed E-state index contributed by atoms with van der Waals surface area (Å²) in [4.78, 5) is 22.6. The number of piperidine rings is 1. The monoisotopic (exact) mass is 323 g/mol. The largest absolute Gasteiger partial charge is 0.488 e. The van der Waals surface area contributed by atoms with Crippen molar-refractivity contribution in [2.75, 3.05) is 19.7 Å². The SMILES string of the molecule is Cc1cnc(C2CCCN(C(=O)C3=Cc4ccccc4OC3)C2)[nH]1. The number of nitrogens with one attached hydrogen (secondary N) is 1. The maximum absolute atomic E-state index is 12.9. The molecule has 1 aromatic carbocycles. The third-order valence-electron chi connectivity index (χ3n) is 4.72. The quantitative estimate of drug-likeness (QED) is 0.924. The number of likely N-dealkylation sites (tertiary alicyclic amines) is 1. The molecule has 5 heteroatoms. The van der Waals surface area contributed by atoms with Crippen molar-refractivity contribution in [3.8, 4) is 5.75 Å². The lowest BCUT2D eigenvalue weighted by Gasteiger charge is -2.33. The lowest BCUT2D eigenvalue weighted by Crippen LogP contribution is -2.41. The summed E-state index contributed by atoms with van der Waals surface area (Å²) in [6.45, 7) is 3.86. The van der Waals surface area contributed by atoms with Crippen LogP contribution in [-0.2, 0) is 4.79 Å². The Labute approximate surface area is 141 Å². The number of aromatic nitrogens is 2. The van der Waals surface area contributed by atoms with Gasteiger partial charge in [0.1, 0.15) is 18.2 Å². The summed E-state index contributed by atoms with van der Waals surface area (Å²) in [5, 5.41) is 0. The van der Waals surface area contributed by atoms with Gasteiger partial charge in [-0.15, -0.1) is 0 Å². The predicted octanol–water partition coefficient (Wildman–Crippen LogP) is 2.90. The van der Waals surface area contributed by atoms with Gasteiger partial charge in [-0.1, -0.05) is 18.2 Å². The zero-order valence-electron chi connectivity index (χ0n) is 13.8. The van der Waals surface area contributed by atoms with E-state index in [1.807, 2.05) is 48.4 Å². The predicted molar refractivity (Wildman–Crippen MR) is 91.8 cm³/mol. The molecule has 1 fully saturated rings. The van der Waals surface area contributed by atoms with E-state index in [0.717, 1.165) is 47.8 Å². The molecular weight excluding hydrogens is 302 g/mol. The maximum atomic E-state index is 12.9. The Morgan fingerprint density at radius 2 is 2.25 bits per heavy atom. The summed E-state index contributed by atoms with van der Waals surface area (Å²) >= 11 is 0. The van der Waals surface area contributed by atoms with Gasteiger partial charge in [0.2, 0.25) is 0 Å². The van der Waals surface area contributed by atoms with Crippen molar-refractivity contribution in [2.24, 2.45) is 0 Å². The molecule has 3 heterocycles. The van der Waals surface area contributed by atoms with Crippen LogP contribution in [0.25, 0.3) is 6.08 Å². The fraction of sp³-hybridized carbons (Fsp3) is 0.368. The Morgan fingerprint density at radius 1 is 1.38 bits per heavy atom. The van der Waals surface area contributed by atoms with E-state index < -0.39 is 0 Å². The number of fused-ring (bicyclic) bond motifs is 1. The average molecular weight is 323 g/mol. The second-order valence-corrected chi connectivity index (χ2v) is 6.54. The first-order valence-corrected chi connectivity index (χ1v) is 8.44. The number of hydrogen-bond donors (Lipinski definition) is 1. The minimum Gasteiger partial charge on any atom is -0.488 e. The Hall–Kier alpha value is -2.56. The van der Waals surface area contributed by atoms with Crippen LogP contribution in [0, 0.1) is 6.92 Å². The molecule has 1 aromatic heterocycles. The highest BCUT2D eigenvalue weighted by atomic mass is 16.5. The van der Waals surface area contributed by atoms with Crippen LogP contribution in [0.2, 0.25) is 0 Å². The molecule has 0 spiro atoms. The first kappa shape index (κ1) is 15.0. The summed E-state index contributed by atoms with van der Waals surface area (Å²) in [5.74, 6) is 2.20. The van der Waals surface area contributed by atoms with Crippen molar-refractivity contribution in [3.05, 3.63) is 53.1 Å². The number of amides is 1. The van der Waals surface area contributed by atoms with E-state index in [9.17, 15) is 4.79 Å². The number of rotatable bonds is 2. The smallest absolute Gasteiger partial charge is 0.253 e. The molecule has 2 aliphatic rings. The molecule has 1 unspecified atom stereocenters. The number of benzene rings is 1. The lowest BCUT2D eigenvalue weighted by molar-refractivity contribution is -0.128. The minimum atomic E-state index is 0.0810. The molecule has 0 saturated carbocycles. The number of aryl methyl sites for hydroxylation is 1. The molecule has 1 atom stereocenters. The molecule has 1 amide bonds. The first-order valence-electron chi connectivity index (χ1n) is 8.44. The molecule has 0 radical (unpaired) electrons. The van der Waals surface area contributed by atoms with Gasteiger partial charge in [-0.2, -0.15) is 0 Å².